The Balaban J connectivity index is 0.636. The second-order valence-corrected chi connectivity index (χ2v) is 22.5. The molecule has 6 saturated heterocycles. The minimum Gasteiger partial charge on any atom is -0.508 e. The number of rotatable bonds is 12. The summed E-state index contributed by atoms with van der Waals surface area (Å²) in [7, 11) is 0. The first-order chi connectivity index (χ1) is 34.5. The number of likely N-dealkylation sites (tertiary alicyclic amines) is 2. The number of halogens is 1. The molecular weight excluding hydrogens is 900 g/mol. The zero-order valence-corrected chi connectivity index (χ0v) is 40.6. The summed E-state index contributed by atoms with van der Waals surface area (Å²) in [5.74, 6) is 0.0553. The number of aryl methyl sites for hydroxylation is 1. The van der Waals surface area contributed by atoms with Gasteiger partial charge in [-0.2, -0.15) is 9.97 Å². The Labute approximate surface area is 413 Å². The predicted molar refractivity (Wildman–Crippen MR) is 268 cm³/mol. The van der Waals surface area contributed by atoms with Crippen LogP contribution in [0.4, 0.5) is 15.9 Å². The number of hydrogen-bond acceptors (Lipinski definition) is 13. The number of piperazine rings is 1. The van der Waals surface area contributed by atoms with Crippen molar-refractivity contribution >= 4 is 50.9 Å². The van der Waals surface area contributed by atoms with Gasteiger partial charge in [0.05, 0.1) is 12.0 Å². The number of carbonyl (C=O) groups excluding carboxylic acids is 3. The molecule has 1 aliphatic carbocycles. The lowest BCUT2D eigenvalue weighted by Gasteiger charge is -2.55. The maximum absolute atomic E-state index is 17.2. The molecule has 71 heavy (non-hydrogen) atoms. The van der Waals surface area contributed by atoms with Crippen LogP contribution in [-0.2, 0) is 22.6 Å². The molecule has 3 aromatic carbocycles. The number of phenols is 1. The molecule has 2 aromatic heterocycles. The maximum Gasteiger partial charge on any atom is 0.319 e. The molecule has 3 amide bonds. The van der Waals surface area contributed by atoms with E-state index >= 15 is 4.39 Å². The van der Waals surface area contributed by atoms with E-state index in [0.717, 1.165) is 138 Å². The fourth-order valence-electron chi connectivity index (χ4n) is 13.6. The number of anilines is 2. The van der Waals surface area contributed by atoms with Crippen molar-refractivity contribution in [2.45, 2.75) is 95.8 Å². The first kappa shape index (κ1) is 44.9. The number of piperidine rings is 2. The number of ether oxygens (including phenoxy) is 1. The summed E-state index contributed by atoms with van der Waals surface area (Å²) < 4.78 is 23.8. The zero-order valence-electron chi connectivity index (χ0n) is 40.6. The van der Waals surface area contributed by atoms with Crippen molar-refractivity contribution in [2.24, 2.45) is 16.7 Å². The molecule has 3 N–H and O–H groups in total. The SMILES string of the molecule is CCc1cccc2cc(O)cc(-c3ncc4c(N5CC6CCC(C5)N6)nc(OCC5(CN6CC[C@H](CN7CC8(CCN(c9ccc%10c(c9)CN(C9CCC(=O)NC9=O)C%10=O)CC8)C7)C6)CC5)nc4c3F)c12. The number of nitrogens with one attached hydrogen (secondary N) is 2. The van der Waals surface area contributed by atoms with E-state index in [4.69, 9.17) is 19.7 Å². The van der Waals surface area contributed by atoms with Gasteiger partial charge in [-0.05, 0) is 128 Å². The zero-order chi connectivity index (χ0) is 48.2. The van der Waals surface area contributed by atoms with Crippen LogP contribution in [0.25, 0.3) is 32.9 Å². The molecule has 7 fully saturated rings. The number of nitrogens with zero attached hydrogens (tertiary/aromatic N) is 8. The molecule has 5 aromatic rings. The van der Waals surface area contributed by atoms with E-state index < -0.39 is 11.9 Å². The quantitative estimate of drug-likeness (QED) is 0.125. The third-order valence-corrected chi connectivity index (χ3v) is 17.6. The van der Waals surface area contributed by atoms with E-state index in [-0.39, 0.29) is 52.5 Å². The van der Waals surface area contributed by atoms with Crippen molar-refractivity contribution in [3.05, 3.63) is 77.2 Å². The van der Waals surface area contributed by atoms with E-state index in [9.17, 15) is 19.5 Å². The number of phenolic OH excluding ortho intramolecular Hbond substituents is 1. The van der Waals surface area contributed by atoms with E-state index in [1.165, 1.54) is 6.42 Å². The fourth-order valence-corrected chi connectivity index (χ4v) is 13.6. The van der Waals surface area contributed by atoms with Crippen LogP contribution in [-0.4, -0.2) is 143 Å². The molecule has 0 radical (unpaired) electrons. The number of imide groups is 1. The van der Waals surface area contributed by atoms with Crippen LogP contribution >= 0.6 is 0 Å². The number of aromatic nitrogens is 3. The molecule has 7 aliphatic heterocycles. The summed E-state index contributed by atoms with van der Waals surface area (Å²) in [5.41, 5.74) is 5.10. The van der Waals surface area contributed by atoms with Crippen LogP contribution in [0, 0.1) is 22.6 Å². The highest BCUT2D eigenvalue weighted by atomic mass is 19.1. The van der Waals surface area contributed by atoms with Crippen molar-refractivity contribution in [1.82, 2.24) is 40.3 Å². The number of fused-ring (bicyclic) bond motifs is 5. The van der Waals surface area contributed by atoms with Crippen LogP contribution in [0.1, 0.15) is 86.2 Å². The molecule has 13 rings (SSSR count). The summed E-state index contributed by atoms with van der Waals surface area (Å²) in [6.07, 6.45) is 11.0. The van der Waals surface area contributed by atoms with Crippen LogP contribution in [0.2, 0.25) is 0 Å². The van der Waals surface area contributed by atoms with Crippen molar-refractivity contribution in [3.8, 4) is 23.0 Å². The molecule has 2 bridgehead atoms. The van der Waals surface area contributed by atoms with E-state index in [1.807, 2.05) is 24.3 Å². The Kier molecular flexibility index (Phi) is 11.0. The summed E-state index contributed by atoms with van der Waals surface area (Å²) in [6.45, 7) is 13.1. The highest BCUT2D eigenvalue weighted by molar-refractivity contribution is 6.06. The first-order valence-electron chi connectivity index (χ1n) is 26.2. The molecule has 8 aliphatic rings. The topological polar surface area (TPSA) is 160 Å². The molecule has 9 heterocycles. The standard InChI is InChI=1S/C55H63FN10O5/c1-2-34-4-3-5-35-21-40(67)22-42(46(34)35)48-47(56)49-43(23-57-48)50(65-27-37-6-7-38(28-65)58-37)61-53(60-49)71-32-55(13-14-55)31-62-17-12-33(24-62)25-63-29-54(30-63)15-18-64(19-16-54)39-8-9-41-36(20-39)26-66(52(41)70)44-10-11-45(68)59-51(44)69/h3-5,8-9,20-23,33,37-38,44,58,67H,2,6-7,10-19,24-32H2,1H3,(H,59,68,69)/t33-,37?,38?,44?/m0/s1. The third kappa shape index (κ3) is 8.23. The lowest BCUT2D eigenvalue weighted by atomic mass is 9.71. The van der Waals surface area contributed by atoms with Crippen LogP contribution in [0.3, 0.4) is 0 Å². The molecule has 370 valence electrons. The van der Waals surface area contributed by atoms with Gasteiger partial charge in [-0.15, -0.1) is 0 Å². The summed E-state index contributed by atoms with van der Waals surface area (Å²) in [6, 6.07) is 15.7. The fraction of sp³-hybridized carbons (Fsp3) is 0.527. The minimum absolute atomic E-state index is 0.0244. The van der Waals surface area contributed by atoms with Gasteiger partial charge in [0.15, 0.2) is 5.82 Å². The summed E-state index contributed by atoms with van der Waals surface area (Å²) >= 11 is 0. The smallest absolute Gasteiger partial charge is 0.319 e. The van der Waals surface area contributed by atoms with Gasteiger partial charge in [0.2, 0.25) is 11.8 Å². The average Bonchev–Trinajstić information content (AvgIpc) is 3.65. The van der Waals surface area contributed by atoms with Crippen molar-refractivity contribution in [1.29, 1.82) is 0 Å². The Hall–Kier alpha value is -5.97. The van der Waals surface area contributed by atoms with Gasteiger partial charge in [0, 0.05) is 112 Å². The normalized spacial score (nSPS) is 25.9. The van der Waals surface area contributed by atoms with Gasteiger partial charge < -0.3 is 39.7 Å². The molecule has 1 saturated carbocycles. The van der Waals surface area contributed by atoms with Gasteiger partial charge >= 0.3 is 6.01 Å². The lowest BCUT2D eigenvalue weighted by Crippen LogP contribution is -2.61. The second-order valence-electron chi connectivity index (χ2n) is 22.5. The molecule has 1 spiro atoms. The minimum atomic E-state index is -0.600. The lowest BCUT2D eigenvalue weighted by molar-refractivity contribution is -0.136. The monoisotopic (exact) mass is 962 g/mol. The van der Waals surface area contributed by atoms with Gasteiger partial charge in [0.1, 0.15) is 28.8 Å². The van der Waals surface area contributed by atoms with Crippen LogP contribution in [0.15, 0.2) is 54.7 Å². The number of benzene rings is 3. The van der Waals surface area contributed by atoms with E-state index in [1.54, 1.807) is 23.2 Å². The molecule has 16 heteroatoms. The van der Waals surface area contributed by atoms with Gasteiger partial charge in [-0.25, -0.2) is 4.39 Å². The van der Waals surface area contributed by atoms with E-state index in [2.05, 4.69) is 49.3 Å². The number of hydrogen-bond donors (Lipinski definition) is 3. The molecule has 4 atom stereocenters. The van der Waals surface area contributed by atoms with Gasteiger partial charge in [-0.3, -0.25) is 24.7 Å². The Bertz CT molecular complexity index is 2970. The summed E-state index contributed by atoms with van der Waals surface area (Å²) in [4.78, 5) is 63.8. The van der Waals surface area contributed by atoms with Crippen molar-refractivity contribution < 1.29 is 28.6 Å². The molecular formula is C55H63FN10O5. The van der Waals surface area contributed by atoms with Gasteiger partial charge in [0.25, 0.3) is 5.91 Å². The number of amides is 3. The Morgan fingerprint density at radius 1 is 0.873 bits per heavy atom. The summed E-state index contributed by atoms with van der Waals surface area (Å²) in [5, 5.41) is 19.2. The van der Waals surface area contributed by atoms with Crippen molar-refractivity contribution in [2.75, 3.05) is 81.9 Å². The second kappa shape index (κ2) is 17.4. The number of carbonyl (C=O) groups is 3. The Morgan fingerprint density at radius 3 is 2.46 bits per heavy atom. The predicted octanol–water partition coefficient (Wildman–Crippen LogP) is 6.04. The highest BCUT2D eigenvalue weighted by Gasteiger charge is 2.48. The average molecular weight is 963 g/mol. The van der Waals surface area contributed by atoms with Gasteiger partial charge in [-0.1, -0.05) is 25.1 Å². The highest BCUT2D eigenvalue weighted by Crippen LogP contribution is 2.48. The molecule has 15 nitrogen and oxygen atoms in total. The van der Waals surface area contributed by atoms with Crippen LogP contribution < -0.4 is 25.2 Å². The third-order valence-electron chi connectivity index (χ3n) is 17.6. The largest absolute Gasteiger partial charge is 0.508 e. The Morgan fingerprint density at radius 2 is 1.69 bits per heavy atom. The number of aromatic hydroxyl groups is 1. The van der Waals surface area contributed by atoms with Crippen molar-refractivity contribution in [3.63, 3.8) is 0 Å². The number of pyridine rings is 1. The maximum atomic E-state index is 17.2. The first-order valence-corrected chi connectivity index (χ1v) is 26.2. The van der Waals surface area contributed by atoms with Crippen LogP contribution in [0.5, 0.6) is 11.8 Å². The molecule has 3 unspecified atom stereocenters. The van der Waals surface area contributed by atoms with E-state index in [0.29, 0.717) is 65.3 Å².